The number of aliphatic carboxylic acids is 1. The minimum atomic E-state index is -0.742. The summed E-state index contributed by atoms with van der Waals surface area (Å²) in [6.45, 7) is 13.0. The fourth-order valence-corrected chi connectivity index (χ4v) is 3.86. The van der Waals surface area contributed by atoms with E-state index >= 15 is 0 Å². The summed E-state index contributed by atoms with van der Waals surface area (Å²) in [5.74, 6) is 5.11. The number of aliphatic hydroxyl groups is 1. The molecule has 10 nitrogen and oxygen atoms in total. The number of hydrogen-bond donors (Lipinski definition) is 3. The first-order chi connectivity index (χ1) is 24.4. The van der Waals surface area contributed by atoms with Crippen molar-refractivity contribution in [1.82, 2.24) is 0 Å². The van der Waals surface area contributed by atoms with Gasteiger partial charge in [0.25, 0.3) is 0 Å². The summed E-state index contributed by atoms with van der Waals surface area (Å²) >= 11 is 0. The van der Waals surface area contributed by atoms with E-state index in [9.17, 15) is 14.4 Å². The molecule has 0 radical (unpaired) electrons. The molecule has 0 saturated carbocycles. The third-order valence-electron chi connectivity index (χ3n) is 6.72. The van der Waals surface area contributed by atoms with Crippen LogP contribution in [0.5, 0.6) is 0 Å². The van der Waals surface area contributed by atoms with Crippen LogP contribution in [-0.4, -0.2) is 66.8 Å². The molecule has 3 rings (SSSR count). The molecule has 0 aromatic heterocycles. The summed E-state index contributed by atoms with van der Waals surface area (Å²) in [6, 6.07) is 29.4. The number of hydrogen-bond acceptors (Lipinski definition) is 9. The van der Waals surface area contributed by atoms with Gasteiger partial charge in [0.2, 0.25) is 0 Å². The zero-order valence-corrected chi connectivity index (χ0v) is 31.4. The van der Waals surface area contributed by atoms with Gasteiger partial charge in [0.05, 0.1) is 13.2 Å². The van der Waals surface area contributed by atoms with Gasteiger partial charge in [0.15, 0.2) is 24.1 Å². The molecular weight excluding hydrogens is 662 g/mol. The number of rotatable bonds is 20. The van der Waals surface area contributed by atoms with Crippen LogP contribution >= 0.6 is 0 Å². The van der Waals surface area contributed by atoms with Gasteiger partial charge in [-0.25, -0.2) is 5.90 Å². The van der Waals surface area contributed by atoms with Crippen LogP contribution < -0.4 is 5.90 Å². The summed E-state index contributed by atoms with van der Waals surface area (Å²) in [7, 11) is 0. The molecule has 10 heteroatoms. The molecule has 0 aliphatic heterocycles. The topological polar surface area (TPSA) is 155 Å². The van der Waals surface area contributed by atoms with Crippen molar-refractivity contribution >= 4 is 17.5 Å². The predicted molar refractivity (Wildman–Crippen MR) is 207 cm³/mol. The monoisotopic (exact) mass is 727 g/mol. The molecule has 3 aromatic rings. The summed E-state index contributed by atoms with van der Waals surface area (Å²) in [5.41, 5.74) is 3.40. The highest BCUT2D eigenvalue weighted by molar-refractivity contribution is 5.80. The van der Waals surface area contributed by atoms with Gasteiger partial charge < -0.3 is 24.4 Å². The maximum atomic E-state index is 11.7. The van der Waals surface area contributed by atoms with E-state index in [1.807, 2.05) is 97.9 Å². The van der Waals surface area contributed by atoms with E-state index in [0.717, 1.165) is 24.0 Å². The molecule has 3 aromatic carbocycles. The maximum absolute atomic E-state index is 11.7. The molecular formula is C42H65NO9. The van der Waals surface area contributed by atoms with Crippen molar-refractivity contribution in [3.8, 4) is 0 Å². The number of carbonyl (C=O) groups excluding carboxylic acids is 2. The van der Waals surface area contributed by atoms with E-state index in [1.165, 1.54) is 5.56 Å². The molecule has 0 aliphatic carbocycles. The summed E-state index contributed by atoms with van der Waals surface area (Å²) < 4.78 is 15.9. The number of aliphatic hydroxyl groups excluding tert-OH is 1. The Morgan fingerprint density at radius 1 is 0.577 bits per heavy atom. The molecule has 0 spiro atoms. The number of Topliss-reactive ketones (excluding diaryl/α,β-unsaturated/α-hetero) is 2. The molecule has 52 heavy (non-hydrogen) atoms. The van der Waals surface area contributed by atoms with Crippen LogP contribution in [0.25, 0.3) is 0 Å². The number of carboxylic acid groups (broad SMARTS) is 1. The molecule has 2 unspecified atom stereocenters. The Morgan fingerprint density at radius 3 is 1.29 bits per heavy atom. The van der Waals surface area contributed by atoms with Crippen molar-refractivity contribution in [2.45, 2.75) is 100 Å². The van der Waals surface area contributed by atoms with Gasteiger partial charge in [-0.15, -0.1) is 0 Å². The Hall–Kier alpha value is -3.77. The van der Waals surface area contributed by atoms with Gasteiger partial charge >= 0.3 is 5.97 Å². The Bertz CT molecular complexity index is 1270. The minimum absolute atomic E-state index is 0. The number of nitrogens with two attached hydrogens (primary N) is 1. The van der Waals surface area contributed by atoms with Gasteiger partial charge in [-0.2, -0.15) is 0 Å². The van der Waals surface area contributed by atoms with E-state index in [0.29, 0.717) is 44.3 Å². The zero-order valence-electron chi connectivity index (χ0n) is 31.4. The largest absolute Gasteiger partial charge is 0.481 e. The smallest absolute Gasteiger partial charge is 0.303 e. The Balaban J connectivity index is 0. The lowest BCUT2D eigenvalue weighted by molar-refractivity contribution is -0.152. The number of carboxylic acids is 1. The second-order valence-electron chi connectivity index (χ2n) is 12.6. The highest BCUT2D eigenvalue weighted by Gasteiger charge is 2.08. The molecule has 2 atom stereocenters. The fraction of sp³-hybridized carbons (Fsp3) is 0.500. The van der Waals surface area contributed by atoms with Gasteiger partial charge in [-0.1, -0.05) is 126 Å². The molecule has 0 saturated heterocycles. The molecule has 292 valence electrons. The molecule has 4 N–H and O–H groups in total. The van der Waals surface area contributed by atoms with E-state index < -0.39 is 5.97 Å². The van der Waals surface area contributed by atoms with Crippen molar-refractivity contribution in [3.05, 3.63) is 108 Å². The average molecular weight is 728 g/mol. The van der Waals surface area contributed by atoms with Gasteiger partial charge in [0, 0.05) is 19.3 Å². The first-order valence-electron chi connectivity index (χ1n) is 17.5. The Kier molecular flexibility index (Phi) is 32.0. The highest BCUT2D eigenvalue weighted by atomic mass is 16.7. The third kappa shape index (κ3) is 32.2. The summed E-state index contributed by atoms with van der Waals surface area (Å²) in [6.07, 6.45) is 2.67. The van der Waals surface area contributed by atoms with E-state index in [1.54, 1.807) is 6.92 Å². The average Bonchev–Trinajstić information content (AvgIpc) is 3.14. The van der Waals surface area contributed by atoms with Crippen LogP contribution in [0.1, 0.15) is 84.9 Å². The van der Waals surface area contributed by atoms with Crippen LogP contribution in [0.2, 0.25) is 0 Å². The van der Waals surface area contributed by atoms with Gasteiger partial charge in [-0.05, 0) is 61.6 Å². The van der Waals surface area contributed by atoms with Crippen LogP contribution in [0, 0.1) is 11.8 Å². The van der Waals surface area contributed by atoms with Gasteiger partial charge in [0.1, 0.15) is 13.2 Å². The minimum Gasteiger partial charge on any atom is -0.481 e. The number of benzene rings is 3. The molecule has 0 amide bonds. The quantitative estimate of drug-likeness (QED) is 0.0781. The van der Waals surface area contributed by atoms with E-state index in [4.69, 9.17) is 30.3 Å². The van der Waals surface area contributed by atoms with Gasteiger partial charge in [-0.3, -0.25) is 19.2 Å². The SMILES string of the molecule is C.CC(C)COC(C)OCC(=O)CCc1ccccc1.CC(C)COC(C)ON.O=C(CO)CCc1ccccc1.O=C(O)CCc1ccccc1. The lowest BCUT2D eigenvalue weighted by Gasteiger charge is -2.15. The number of ketones is 2. The second kappa shape index (κ2) is 33.1. The standard InChI is InChI=1S/C16H24O3.C10H12O2.C9H10O2.C6H15NO2.CH4/c1-13(2)11-18-14(3)19-12-16(17)10-9-15-7-5-4-6-8-15;11-8-10(12)7-6-9-4-2-1-3-5-9;10-9(11)7-6-8-4-2-1-3-5-8;1-5(2)4-8-6(3)9-7;/h4-8,13-14H,9-12H2,1-3H3;1-5,11H,6-8H2;1-5H,6-7H2,(H,10,11);5-6H,4,7H2,1-3H3;1H4. The van der Waals surface area contributed by atoms with Crippen molar-refractivity contribution in [1.29, 1.82) is 0 Å². The molecule has 0 aliphatic rings. The van der Waals surface area contributed by atoms with E-state index in [-0.39, 0.29) is 51.2 Å². The third-order valence-corrected chi connectivity index (χ3v) is 6.72. The van der Waals surface area contributed by atoms with Crippen LogP contribution in [0.15, 0.2) is 91.0 Å². The Labute approximate surface area is 312 Å². The number of carbonyl (C=O) groups is 3. The van der Waals surface area contributed by atoms with Crippen LogP contribution in [0.4, 0.5) is 0 Å². The summed E-state index contributed by atoms with van der Waals surface area (Å²) in [5, 5.41) is 16.8. The molecule has 0 bridgehead atoms. The van der Waals surface area contributed by atoms with E-state index in [2.05, 4.69) is 32.5 Å². The van der Waals surface area contributed by atoms with Crippen molar-refractivity contribution in [2.24, 2.45) is 17.7 Å². The highest BCUT2D eigenvalue weighted by Crippen LogP contribution is 2.05. The van der Waals surface area contributed by atoms with Crippen molar-refractivity contribution in [2.75, 3.05) is 26.4 Å². The lowest BCUT2D eigenvalue weighted by Crippen LogP contribution is -2.20. The zero-order chi connectivity index (χ0) is 38.3. The second-order valence-corrected chi connectivity index (χ2v) is 12.6. The summed E-state index contributed by atoms with van der Waals surface area (Å²) in [4.78, 5) is 37.0. The fourth-order valence-electron chi connectivity index (χ4n) is 3.86. The number of ether oxygens (including phenoxy) is 3. The molecule has 0 heterocycles. The molecule has 0 fully saturated rings. The predicted octanol–water partition coefficient (Wildman–Crippen LogP) is 7.64. The first kappa shape index (κ1) is 50.3. The van der Waals surface area contributed by atoms with Crippen molar-refractivity contribution in [3.63, 3.8) is 0 Å². The van der Waals surface area contributed by atoms with Crippen LogP contribution in [0.3, 0.4) is 0 Å². The maximum Gasteiger partial charge on any atom is 0.303 e. The Morgan fingerprint density at radius 2 is 0.942 bits per heavy atom. The first-order valence-corrected chi connectivity index (χ1v) is 17.5. The number of aryl methyl sites for hydroxylation is 3. The van der Waals surface area contributed by atoms with Crippen molar-refractivity contribution < 1.29 is 43.6 Å². The van der Waals surface area contributed by atoms with Crippen LogP contribution in [-0.2, 0) is 52.7 Å². The normalized spacial score (nSPS) is 11.3. The lowest BCUT2D eigenvalue weighted by atomic mass is 10.1.